The van der Waals surface area contributed by atoms with Crippen LogP contribution in [0.4, 0.5) is 0 Å². The molecular formula is C11H21NO. The highest BCUT2D eigenvalue weighted by Gasteiger charge is 2.24. The smallest absolute Gasteiger partial charge is 0.0621 e. The van der Waals surface area contributed by atoms with E-state index >= 15 is 0 Å². The van der Waals surface area contributed by atoms with Gasteiger partial charge in [0.1, 0.15) is 0 Å². The first-order valence-corrected chi connectivity index (χ1v) is 5.68. The molecule has 2 heterocycles. The minimum Gasteiger partial charge on any atom is -0.380 e. The van der Waals surface area contributed by atoms with Crippen molar-refractivity contribution in [3.8, 4) is 0 Å². The van der Waals surface area contributed by atoms with Crippen molar-refractivity contribution in [1.82, 2.24) is 4.90 Å². The molecule has 2 saturated heterocycles. The molecule has 2 rings (SSSR count). The second-order valence-corrected chi connectivity index (χ2v) is 4.59. The van der Waals surface area contributed by atoms with Gasteiger partial charge in [-0.15, -0.1) is 0 Å². The molecule has 0 aliphatic carbocycles. The van der Waals surface area contributed by atoms with Gasteiger partial charge < -0.3 is 4.74 Å². The molecule has 1 atom stereocenters. The van der Waals surface area contributed by atoms with E-state index in [-0.39, 0.29) is 0 Å². The first-order chi connectivity index (χ1) is 6.36. The number of rotatable bonds is 1. The molecule has 13 heavy (non-hydrogen) atoms. The number of ether oxygens (including phenoxy) is 1. The molecule has 2 aliphatic heterocycles. The Bertz CT molecular complexity index is 146. The normalized spacial score (nSPS) is 33.5. The van der Waals surface area contributed by atoms with E-state index in [0.29, 0.717) is 0 Å². The van der Waals surface area contributed by atoms with Crippen molar-refractivity contribution < 1.29 is 4.74 Å². The first kappa shape index (κ1) is 9.47. The number of nitrogens with zero attached hydrogens (tertiary/aromatic N) is 1. The van der Waals surface area contributed by atoms with Gasteiger partial charge in [0.05, 0.1) is 6.61 Å². The molecular weight excluding hydrogens is 162 g/mol. The Morgan fingerprint density at radius 1 is 1.15 bits per heavy atom. The number of likely N-dealkylation sites (tertiary alicyclic amines) is 1. The van der Waals surface area contributed by atoms with Crippen LogP contribution in [-0.4, -0.2) is 37.2 Å². The van der Waals surface area contributed by atoms with Crippen LogP contribution >= 0.6 is 0 Å². The van der Waals surface area contributed by atoms with Crippen molar-refractivity contribution in [3.63, 3.8) is 0 Å². The molecule has 76 valence electrons. The highest BCUT2D eigenvalue weighted by atomic mass is 16.5. The molecule has 0 aromatic rings. The standard InChI is InChI=1S/C11H21NO/c1-10-4-6-12(7-5-10)11-3-2-8-13-9-11/h10-11H,2-9H2,1H3/t11-/m0/s1. The summed E-state index contributed by atoms with van der Waals surface area (Å²) in [4.78, 5) is 2.64. The zero-order valence-corrected chi connectivity index (χ0v) is 8.67. The maximum absolute atomic E-state index is 5.52. The van der Waals surface area contributed by atoms with E-state index in [2.05, 4.69) is 11.8 Å². The second-order valence-electron chi connectivity index (χ2n) is 4.59. The molecule has 0 amide bonds. The van der Waals surface area contributed by atoms with Gasteiger partial charge in [-0.25, -0.2) is 0 Å². The molecule has 0 radical (unpaired) electrons. The van der Waals surface area contributed by atoms with Crippen LogP contribution in [0.25, 0.3) is 0 Å². The van der Waals surface area contributed by atoms with Crippen molar-refractivity contribution in [3.05, 3.63) is 0 Å². The van der Waals surface area contributed by atoms with Gasteiger partial charge in [0.15, 0.2) is 0 Å². The van der Waals surface area contributed by atoms with Crippen LogP contribution in [-0.2, 0) is 4.74 Å². The SMILES string of the molecule is CC1CCN([C@H]2CCCOC2)CC1. The predicted octanol–water partition coefficient (Wildman–Crippen LogP) is 1.90. The zero-order valence-electron chi connectivity index (χ0n) is 8.67. The summed E-state index contributed by atoms with van der Waals surface area (Å²) in [6.07, 6.45) is 5.39. The number of hydrogen-bond acceptors (Lipinski definition) is 2. The average Bonchev–Trinajstić information content (AvgIpc) is 2.20. The molecule has 0 unspecified atom stereocenters. The van der Waals surface area contributed by atoms with Crippen LogP contribution in [0.5, 0.6) is 0 Å². The third kappa shape index (κ3) is 2.44. The van der Waals surface area contributed by atoms with Crippen molar-refractivity contribution in [2.24, 2.45) is 5.92 Å². The van der Waals surface area contributed by atoms with Crippen molar-refractivity contribution in [2.45, 2.75) is 38.6 Å². The summed E-state index contributed by atoms with van der Waals surface area (Å²) >= 11 is 0. The average molecular weight is 183 g/mol. The minimum atomic E-state index is 0.737. The fourth-order valence-electron chi connectivity index (χ4n) is 2.41. The van der Waals surface area contributed by atoms with Gasteiger partial charge in [-0.1, -0.05) is 6.92 Å². The predicted molar refractivity (Wildman–Crippen MR) is 53.8 cm³/mol. The largest absolute Gasteiger partial charge is 0.380 e. The van der Waals surface area contributed by atoms with E-state index in [4.69, 9.17) is 4.74 Å². The maximum atomic E-state index is 5.52. The molecule has 2 heteroatoms. The first-order valence-electron chi connectivity index (χ1n) is 5.68. The monoisotopic (exact) mass is 183 g/mol. The van der Waals surface area contributed by atoms with Gasteiger partial charge in [-0.05, 0) is 44.7 Å². The highest BCUT2D eigenvalue weighted by Crippen LogP contribution is 2.21. The van der Waals surface area contributed by atoms with Crippen LogP contribution in [0.1, 0.15) is 32.6 Å². The van der Waals surface area contributed by atoms with Crippen molar-refractivity contribution in [1.29, 1.82) is 0 Å². The highest BCUT2D eigenvalue weighted by molar-refractivity contribution is 4.78. The fourth-order valence-corrected chi connectivity index (χ4v) is 2.41. The lowest BCUT2D eigenvalue weighted by molar-refractivity contribution is 0.00600. The summed E-state index contributed by atoms with van der Waals surface area (Å²) < 4.78 is 5.52. The second kappa shape index (κ2) is 4.43. The summed E-state index contributed by atoms with van der Waals surface area (Å²) in [6.45, 7) is 6.94. The van der Waals surface area contributed by atoms with Crippen LogP contribution in [0.2, 0.25) is 0 Å². The molecule has 2 fully saturated rings. The van der Waals surface area contributed by atoms with Crippen molar-refractivity contribution in [2.75, 3.05) is 26.3 Å². The summed E-state index contributed by atoms with van der Waals surface area (Å²) in [5.74, 6) is 0.945. The van der Waals surface area contributed by atoms with Gasteiger partial charge in [0, 0.05) is 12.6 Å². The van der Waals surface area contributed by atoms with Gasteiger partial charge in [-0.3, -0.25) is 4.90 Å². The Balaban J connectivity index is 1.79. The summed E-state index contributed by atoms with van der Waals surface area (Å²) in [7, 11) is 0. The van der Waals surface area contributed by atoms with E-state index in [9.17, 15) is 0 Å². The molecule has 0 aromatic heterocycles. The van der Waals surface area contributed by atoms with Crippen molar-refractivity contribution >= 4 is 0 Å². The Labute approximate surface area is 81.3 Å². The van der Waals surface area contributed by atoms with Gasteiger partial charge >= 0.3 is 0 Å². The van der Waals surface area contributed by atoms with Gasteiger partial charge in [0.2, 0.25) is 0 Å². The Morgan fingerprint density at radius 2 is 1.92 bits per heavy atom. The van der Waals surface area contributed by atoms with Gasteiger partial charge in [-0.2, -0.15) is 0 Å². The molecule has 0 saturated carbocycles. The Kier molecular flexibility index (Phi) is 3.23. The topological polar surface area (TPSA) is 12.5 Å². The number of piperidine rings is 1. The fraction of sp³-hybridized carbons (Fsp3) is 1.00. The van der Waals surface area contributed by atoms with Crippen LogP contribution in [0, 0.1) is 5.92 Å². The Hall–Kier alpha value is -0.0800. The zero-order chi connectivity index (χ0) is 9.10. The lowest BCUT2D eigenvalue weighted by Crippen LogP contribution is -2.45. The molecule has 0 spiro atoms. The summed E-state index contributed by atoms with van der Waals surface area (Å²) in [5.41, 5.74) is 0. The van der Waals surface area contributed by atoms with Gasteiger partial charge in [0.25, 0.3) is 0 Å². The molecule has 2 nitrogen and oxygen atoms in total. The van der Waals surface area contributed by atoms with Crippen LogP contribution < -0.4 is 0 Å². The Morgan fingerprint density at radius 3 is 2.54 bits per heavy atom. The molecule has 0 aromatic carbocycles. The van der Waals surface area contributed by atoms with Crippen LogP contribution in [0.3, 0.4) is 0 Å². The minimum absolute atomic E-state index is 0.737. The summed E-state index contributed by atoms with van der Waals surface area (Å²) in [6, 6.07) is 0.737. The van der Waals surface area contributed by atoms with E-state index in [1.165, 1.54) is 38.8 Å². The summed E-state index contributed by atoms with van der Waals surface area (Å²) in [5, 5.41) is 0. The number of hydrogen-bond donors (Lipinski definition) is 0. The maximum Gasteiger partial charge on any atom is 0.0621 e. The van der Waals surface area contributed by atoms with E-state index in [1.807, 2.05) is 0 Å². The van der Waals surface area contributed by atoms with E-state index in [1.54, 1.807) is 0 Å². The lowest BCUT2D eigenvalue weighted by atomic mass is 9.96. The molecule has 2 aliphatic rings. The third-order valence-corrected chi connectivity index (χ3v) is 3.47. The quantitative estimate of drug-likeness (QED) is 0.615. The van der Waals surface area contributed by atoms with E-state index in [0.717, 1.165) is 25.2 Å². The van der Waals surface area contributed by atoms with E-state index < -0.39 is 0 Å². The van der Waals surface area contributed by atoms with Crippen LogP contribution in [0.15, 0.2) is 0 Å². The third-order valence-electron chi connectivity index (χ3n) is 3.47. The molecule has 0 bridgehead atoms. The lowest BCUT2D eigenvalue weighted by Gasteiger charge is -2.38. The molecule has 0 N–H and O–H groups in total.